The smallest absolute Gasteiger partial charge is 0.426 e. The zero-order valence-corrected chi connectivity index (χ0v) is 21.5. The van der Waals surface area contributed by atoms with Gasteiger partial charge in [-0.2, -0.15) is 27.4 Å². The highest BCUT2D eigenvalue weighted by Crippen LogP contribution is 2.37. The lowest BCUT2D eigenvalue weighted by atomic mass is 10.00. The summed E-state index contributed by atoms with van der Waals surface area (Å²) in [5.74, 6) is -0.297. The predicted octanol–water partition coefficient (Wildman–Crippen LogP) is 3.63. The molecule has 4 rings (SSSR count). The average molecular weight is 575 g/mol. The summed E-state index contributed by atoms with van der Waals surface area (Å²) in [6, 6.07) is 11.7. The number of aliphatic hydroxyl groups is 1. The molecule has 5 atom stereocenters. The Hall–Kier alpha value is -3.21. The van der Waals surface area contributed by atoms with Crippen molar-refractivity contribution < 1.29 is 50.8 Å². The third-order valence-corrected chi connectivity index (χ3v) is 6.16. The molecule has 2 N–H and O–H groups in total. The lowest BCUT2D eigenvalue weighted by molar-refractivity contribution is -0.360. The van der Waals surface area contributed by atoms with Gasteiger partial charge in [-0.3, -0.25) is 4.84 Å². The van der Waals surface area contributed by atoms with Gasteiger partial charge in [-0.15, -0.1) is 5.10 Å². The number of methoxy groups -OCH3 is 2. The second-order valence-corrected chi connectivity index (χ2v) is 8.86. The molecule has 10 nitrogen and oxygen atoms in total. The summed E-state index contributed by atoms with van der Waals surface area (Å²) in [6.45, 7) is 2.02. The highest BCUT2D eigenvalue weighted by Gasteiger charge is 2.61. The van der Waals surface area contributed by atoms with E-state index in [4.69, 9.17) is 19.0 Å². The molecule has 5 unspecified atom stereocenters. The molecule has 0 saturated carbocycles. The average Bonchev–Trinajstić information content (AvgIpc) is 3.40. The van der Waals surface area contributed by atoms with Crippen molar-refractivity contribution >= 4 is 0 Å². The molecule has 1 aliphatic rings. The van der Waals surface area contributed by atoms with Crippen LogP contribution in [0, 0.1) is 0 Å². The van der Waals surface area contributed by atoms with Crippen molar-refractivity contribution in [3.63, 3.8) is 0 Å². The van der Waals surface area contributed by atoms with E-state index in [1.165, 1.54) is 37.4 Å². The number of hydrogen-bond donors (Lipinski definition) is 2. The van der Waals surface area contributed by atoms with Crippen molar-refractivity contribution in [3.8, 4) is 22.8 Å². The molecule has 1 aliphatic heterocycles. The van der Waals surface area contributed by atoms with E-state index in [-0.39, 0.29) is 0 Å². The minimum Gasteiger partial charge on any atom is -0.426 e. The van der Waals surface area contributed by atoms with Crippen LogP contribution >= 0.6 is 0 Å². The summed E-state index contributed by atoms with van der Waals surface area (Å²) >= 11 is 0. The van der Waals surface area contributed by atoms with E-state index in [9.17, 15) is 27.1 Å². The number of nitrogens with one attached hydrogen (secondary N) is 1. The van der Waals surface area contributed by atoms with Crippen molar-refractivity contribution in [2.24, 2.45) is 0 Å². The Balaban J connectivity index is 1.33. The number of aliphatic hydroxyl groups excluding tert-OH is 1. The monoisotopic (exact) mass is 574 g/mol. The fraction of sp³-hybridized carbons (Fsp3) is 0.440. The topological polar surface area (TPSA) is 109 Å². The van der Waals surface area contributed by atoms with Crippen LogP contribution in [-0.4, -0.2) is 77.1 Å². The van der Waals surface area contributed by atoms with Gasteiger partial charge < -0.3 is 24.1 Å². The van der Waals surface area contributed by atoms with E-state index >= 15 is 0 Å². The van der Waals surface area contributed by atoms with Gasteiger partial charge in [-0.25, -0.2) is 9.67 Å². The van der Waals surface area contributed by atoms with Crippen molar-refractivity contribution in [1.29, 1.82) is 0 Å². The first-order chi connectivity index (χ1) is 18.9. The lowest BCUT2D eigenvalue weighted by Crippen LogP contribution is -2.59. The van der Waals surface area contributed by atoms with Gasteiger partial charge in [0.05, 0.1) is 11.8 Å². The minimum atomic E-state index is -5.83. The molecule has 0 bridgehead atoms. The molecule has 0 spiro atoms. The van der Waals surface area contributed by atoms with E-state index in [1.54, 1.807) is 19.1 Å². The fourth-order valence-corrected chi connectivity index (χ4v) is 3.97. The van der Waals surface area contributed by atoms with Crippen LogP contribution in [0.3, 0.4) is 0 Å². The summed E-state index contributed by atoms with van der Waals surface area (Å²) < 4.78 is 84.7. The lowest BCUT2D eigenvalue weighted by Gasteiger charge is -2.41. The van der Waals surface area contributed by atoms with Crippen LogP contribution in [-0.2, 0) is 25.6 Å². The number of nitrogens with zero attached hydrogens (tertiary/aromatic N) is 3. The van der Waals surface area contributed by atoms with Gasteiger partial charge in [-0.05, 0) is 36.8 Å². The Morgan fingerprint density at radius 3 is 2.23 bits per heavy atom. The maximum absolute atomic E-state index is 13.1. The Morgan fingerprint density at radius 1 is 0.975 bits per heavy atom. The van der Waals surface area contributed by atoms with Gasteiger partial charge >= 0.3 is 12.3 Å². The molecule has 0 aliphatic carbocycles. The zero-order valence-electron chi connectivity index (χ0n) is 21.5. The van der Waals surface area contributed by atoms with E-state index in [0.29, 0.717) is 23.6 Å². The highest BCUT2D eigenvalue weighted by atomic mass is 19.4. The summed E-state index contributed by atoms with van der Waals surface area (Å²) in [7, 11) is 2.94. The Bertz CT molecular complexity index is 1240. The number of rotatable bonds is 10. The largest absolute Gasteiger partial charge is 0.499 e. The van der Waals surface area contributed by atoms with Crippen LogP contribution in [0.1, 0.15) is 12.5 Å². The summed E-state index contributed by atoms with van der Waals surface area (Å²) in [6.07, 6.45) is -13.3. The van der Waals surface area contributed by atoms with Gasteiger partial charge in [0, 0.05) is 26.3 Å². The maximum atomic E-state index is 13.1. The second-order valence-electron chi connectivity index (χ2n) is 8.86. The first-order valence-corrected chi connectivity index (χ1v) is 12.0. The molecule has 0 radical (unpaired) electrons. The third-order valence-electron chi connectivity index (χ3n) is 6.16. The van der Waals surface area contributed by atoms with E-state index in [2.05, 4.69) is 20.3 Å². The number of hydroxylamine groups is 1. The summed E-state index contributed by atoms with van der Waals surface area (Å²) in [5.41, 5.74) is 4.73. The number of aromatic nitrogens is 3. The standard InChI is InChI=1S/C25H27F5N4O6/c1-14-19(35)20(36-2)21(37-3)23(38-14)40-32-12-15-4-6-16(7-5-15)22-31-13-34(33-22)17-8-10-18(11-9-17)39-25(29,30)24(26,27)28/h4-11,13-14,19-21,23,32,35H,12H2,1-3H3. The van der Waals surface area contributed by atoms with Crippen LogP contribution in [0.25, 0.3) is 17.1 Å². The van der Waals surface area contributed by atoms with Crippen LogP contribution in [0.2, 0.25) is 0 Å². The van der Waals surface area contributed by atoms with Gasteiger partial charge in [-0.1, -0.05) is 24.3 Å². The molecule has 1 fully saturated rings. The fourth-order valence-electron chi connectivity index (χ4n) is 3.97. The Labute approximate surface area is 225 Å². The third kappa shape index (κ3) is 6.56. The first-order valence-electron chi connectivity index (χ1n) is 12.0. The highest BCUT2D eigenvalue weighted by molar-refractivity contribution is 5.55. The van der Waals surface area contributed by atoms with Gasteiger partial charge in [0.15, 0.2) is 5.82 Å². The molecular formula is C25H27F5N4O6. The van der Waals surface area contributed by atoms with Crippen molar-refractivity contribution in [1.82, 2.24) is 20.2 Å². The van der Waals surface area contributed by atoms with Crippen molar-refractivity contribution in [2.75, 3.05) is 14.2 Å². The molecule has 218 valence electrons. The Morgan fingerprint density at radius 2 is 1.62 bits per heavy atom. The summed E-state index contributed by atoms with van der Waals surface area (Å²) in [5, 5.41) is 14.6. The molecule has 2 aromatic carbocycles. The number of halogens is 5. The molecule has 3 aromatic rings. The Kier molecular flexibility index (Phi) is 9.02. The summed E-state index contributed by atoms with van der Waals surface area (Å²) in [4.78, 5) is 9.86. The van der Waals surface area contributed by atoms with Crippen LogP contribution in [0.4, 0.5) is 22.0 Å². The van der Waals surface area contributed by atoms with Crippen LogP contribution in [0.5, 0.6) is 5.75 Å². The molecule has 40 heavy (non-hydrogen) atoms. The number of hydrogen-bond acceptors (Lipinski definition) is 9. The molecule has 1 aromatic heterocycles. The minimum absolute atomic E-state index is 0.314. The predicted molar refractivity (Wildman–Crippen MR) is 128 cm³/mol. The quantitative estimate of drug-likeness (QED) is 0.277. The van der Waals surface area contributed by atoms with Crippen LogP contribution in [0.15, 0.2) is 54.9 Å². The van der Waals surface area contributed by atoms with Crippen molar-refractivity contribution in [2.45, 2.75) is 56.5 Å². The van der Waals surface area contributed by atoms with Crippen LogP contribution < -0.4 is 10.2 Å². The van der Waals surface area contributed by atoms with Gasteiger partial charge in [0.2, 0.25) is 6.29 Å². The molecule has 1 saturated heterocycles. The number of alkyl halides is 5. The van der Waals surface area contributed by atoms with E-state index in [1.807, 2.05) is 12.1 Å². The van der Waals surface area contributed by atoms with E-state index in [0.717, 1.165) is 17.7 Å². The second kappa shape index (κ2) is 12.1. The normalized spacial score (nSPS) is 23.8. The molecule has 2 heterocycles. The molecular weight excluding hydrogens is 547 g/mol. The zero-order chi connectivity index (χ0) is 29.1. The number of benzene rings is 2. The maximum Gasteiger partial charge on any atom is 0.499 e. The SMILES string of the molecule is COC1C(ONCc2ccc(-c3ncn(-c4ccc(OC(F)(F)C(F)(F)F)cc4)n3)cc2)OC(C)C(O)C1OC. The molecule has 15 heteroatoms. The first kappa shape index (κ1) is 29.8. The van der Waals surface area contributed by atoms with E-state index < -0.39 is 48.7 Å². The van der Waals surface area contributed by atoms with Gasteiger partial charge in [0.25, 0.3) is 0 Å². The van der Waals surface area contributed by atoms with Gasteiger partial charge in [0.1, 0.15) is 30.4 Å². The number of ether oxygens (including phenoxy) is 4. The van der Waals surface area contributed by atoms with Crippen molar-refractivity contribution in [3.05, 3.63) is 60.4 Å². The molecule has 0 amide bonds.